The minimum absolute atomic E-state index is 0.545. The van der Waals surface area contributed by atoms with Gasteiger partial charge in [-0.15, -0.1) is 10.2 Å². The number of rotatable bonds is 10. The van der Waals surface area contributed by atoms with E-state index < -0.39 is 0 Å². The zero-order valence-corrected chi connectivity index (χ0v) is 16.8. The van der Waals surface area contributed by atoms with Crippen molar-refractivity contribution in [2.75, 3.05) is 19.5 Å². The third kappa shape index (κ3) is 4.72. The van der Waals surface area contributed by atoms with Crippen LogP contribution in [0, 0.1) is 0 Å². The fourth-order valence-corrected chi connectivity index (χ4v) is 3.66. The van der Waals surface area contributed by atoms with E-state index in [9.17, 15) is 4.79 Å². The van der Waals surface area contributed by atoms with Crippen molar-refractivity contribution < 1.29 is 14.3 Å². The molecule has 0 aliphatic carbocycles. The van der Waals surface area contributed by atoms with Crippen LogP contribution in [-0.4, -0.2) is 40.5 Å². The van der Waals surface area contributed by atoms with E-state index in [1.807, 2.05) is 42.5 Å². The van der Waals surface area contributed by atoms with E-state index in [0.29, 0.717) is 17.9 Å². The monoisotopic (exact) mass is 397 g/mol. The van der Waals surface area contributed by atoms with E-state index in [1.54, 1.807) is 24.9 Å². The van der Waals surface area contributed by atoms with Crippen LogP contribution < -0.4 is 9.47 Å². The summed E-state index contributed by atoms with van der Waals surface area (Å²) in [6, 6.07) is 15.1. The zero-order valence-electron chi connectivity index (χ0n) is 16.0. The first-order valence-corrected chi connectivity index (χ1v) is 10.1. The molecule has 3 aromatic rings. The molecule has 0 radical (unpaired) electrons. The van der Waals surface area contributed by atoms with Gasteiger partial charge in [0, 0.05) is 17.9 Å². The lowest BCUT2D eigenvalue weighted by atomic mass is 10.2. The standard InChI is InChI=1S/C21H23N3O3S/c1-3-24-20(16-9-11-18(26-2)12-10-16)22-23-21(24)28-14-6-13-27-19-8-5-4-7-17(19)15-25/h4-5,7-12,15H,3,6,13-14H2,1-2H3. The van der Waals surface area contributed by atoms with Crippen molar-refractivity contribution in [2.24, 2.45) is 0 Å². The Morgan fingerprint density at radius 2 is 1.89 bits per heavy atom. The van der Waals surface area contributed by atoms with E-state index in [1.165, 1.54) is 0 Å². The second-order valence-corrected chi connectivity index (χ2v) is 7.05. The molecule has 28 heavy (non-hydrogen) atoms. The van der Waals surface area contributed by atoms with Gasteiger partial charge in [0.05, 0.1) is 19.3 Å². The number of thioether (sulfide) groups is 1. The zero-order chi connectivity index (χ0) is 19.8. The van der Waals surface area contributed by atoms with E-state index >= 15 is 0 Å². The van der Waals surface area contributed by atoms with Crippen molar-refractivity contribution in [3.05, 3.63) is 54.1 Å². The number of carbonyl (C=O) groups excluding carboxylic acids is 1. The van der Waals surface area contributed by atoms with Crippen molar-refractivity contribution in [2.45, 2.75) is 25.0 Å². The first kappa shape index (κ1) is 19.9. The maximum Gasteiger partial charge on any atom is 0.191 e. The third-order valence-corrected chi connectivity index (χ3v) is 5.26. The molecule has 0 spiro atoms. The molecule has 0 atom stereocenters. The molecule has 0 aliphatic heterocycles. The summed E-state index contributed by atoms with van der Waals surface area (Å²) in [5.74, 6) is 3.14. The molecule has 6 nitrogen and oxygen atoms in total. The molecule has 146 valence electrons. The van der Waals surface area contributed by atoms with Gasteiger partial charge >= 0.3 is 0 Å². The third-order valence-electron chi connectivity index (χ3n) is 4.20. The molecule has 0 N–H and O–H groups in total. The molecule has 1 aromatic heterocycles. The Labute approximate surface area is 168 Å². The van der Waals surface area contributed by atoms with Crippen LogP contribution in [0.25, 0.3) is 11.4 Å². The van der Waals surface area contributed by atoms with Gasteiger partial charge in [-0.1, -0.05) is 23.9 Å². The highest BCUT2D eigenvalue weighted by Gasteiger charge is 2.13. The first-order valence-electron chi connectivity index (χ1n) is 9.14. The number of para-hydroxylation sites is 1. The highest BCUT2D eigenvalue weighted by Crippen LogP contribution is 2.26. The number of nitrogens with zero attached hydrogens (tertiary/aromatic N) is 3. The first-order chi connectivity index (χ1) is 13.8. The molecule has 0 fully saturated rings. The molecule has 0 saturated carbocycles. The normalized spacial score (nSPS) is 10.6. The lowest BCUT2D eigenvalue weighted by Crippen LogP contribution is -2.03. The fraction of sp³-hybridized carbons (Fsp3) is 0.286. The van der Waals surface area contributed by atoms with Gasteiger partial charge in [-0.3, -0.25) is 4.79 Å². The molecule has 2 aromatic carbocycles. The molecule has 1 heterocycles. The SMILES string of the molecule is CCn1c(SCCCOc2ccccc2C=O)nnc1-c1ccc(OC)cc1. The number of carbonyl (C=O) groups is 1. The highest BCUT2D eigenvalue weighted by molar-refractivity contribution is 7.99. The Balaban J connectivity index is 1.56. The number of aromatic nitrogens is 3. The van der Waals surface area contributed by atoms with Crippen molar-refractivity contribution in [1.29, 1.82) is 0 Å². The van der Waals surface area contributed by atoms with Gasteiger partial charge in [0.2, 0.25) is 0 Å². The summed E-state index contributed by atoms with van der Waals surface area (Å²) < 4.78 is 13.0. The van der Waals surface area contributed by atoms with Crippen LogP contribution in [0.1, 0.15) is 23.7 Å². The van der Waals surface area contributed by atoms with Crippen LogP contribution in [0.3, 0.4) is 0 Å². The molecule has 3 rings (SSSR count). The number of hydrogen-bond donors (Lipinski definition) is 0. The van der Waals surface area contributed by atoms with Gasteiger partial charge in [-0.05, 0) is 49.7 Å². The number of ether oxygens (including phenoxy) is 2. The second kappa shape index (κ2) is 9.94. The summed E-state index contributed by atoms with van der Waals surface area (Å²) in [6.45, 7) is 3.42. The summed E-state index contributed by atoms with van der Waals surface area (Å²) in [4.78, 5) is 11.0. The van der Waals surface area contributed by atoms with Crippen molar-refractivity contribution in [1.82, 2.24) is 14.8 Å². The molecule has 0 saturated heterocycles. The van der Waals surface area contributed by atoms with E-state index in [-0.39, 0.29) is 0 Å². The highest BCUT2D eigenvalue weighted by atomic mass is 32.2. The predicted molar refractivity (Wildman–Crippen MR) is 110 cm³/mol. The Kier molecular flexibility index (Phi) is 7.08. The van der Waals surface area contributed by atoms with Crippen molar-refractivity contribution in [3.8, 4) is 22.9 Å². The minimum atomic E-state index is 0.545. The Hall–Kier alpha value is -2.80. The largest absolute Gasteiger partial charge is 0.497 e. The second-order valence-electron chi connectivity index (χ2n) is 5.99. The maximum absolute atomic E-state index is 11.0. The summed E-state index contributed by atoms with van der Waals surface area (Å²) >= 11 is 1.65. The topological polar surface area (TPSA) is 66.2 Å². The summed E-state index contributed by atoms with van der Waals surface area (Å²) in [5, 5.41) is 9.60. The number of hydrogen-bond acceptors (Lipinski definition) is 6. The van der Waals surface area contributed by atoms with Crippen LogP contribution in [0.2, 0.25) is 0 Å². The van der Waals surface area contributed by atoms with Crippen LogP contribution in [0.15, 0.2) is 53.7 Å². The van der Waals surface area contributed by atoms with Gasteiger partial charge in [0.1, 0.15) is 11.5 Å². The Morgan fingerprint density at radius 1 is 1.11 bits per heavy atom. The summed E-state index contributed by atoms with van der Waals surface area (Å²) in [5.41, 5.74) is 1.58. The van der Waals surface area contributed by atoms with Crippen LogP contribution in [-0.2, 0) is 6.54 Å². The van der Waals surface area contributed by atoms with E-state index in [2.05, 4.69) is 21.7 Å². The van der Waals surface area contributed by atoms with Gasteiger partial charge < -0.3 is 14.0 Å². The van der Waals surface area contributed by atoms with Gasteiger partial charge in [-0.2, -0.15) is 0 Å². The Bertz CT molecular complexity index is 910. The van der Waals surface area contributed by atoms with Crippen molar-refractivity contribution >= 4 is 18.0 Å². The number of benzene rings is 2. The molecule has 7 heteroatoms. The van der Waals surface area contributed by atoms with Crippen LogP contribution in [0.5, 0.6) is 11.5 Å². The van der Waals surface area contributed by atoms with Crippen LogP contribution >= 0.6 is 11.8 Å². The lowest BCUT2D eigenvalue weighted by molar-refractivity contribution is 0.111. The van der Waals surface area contributed by atoms with Crippen LogP contribution in [0.4, 0.5) is 0 Å². The molecule has 0 aliphatic rings. The van der Waals surface area contributed by atoms with Crippen molar-refractivity contribution in [3.63, 3.8) is 0 Å². The van der Waals surface area contributed by atoms with E-state index in [0.717, 1.165) is 47.3 Å². The minimum Gasteiger partial charge on any atom is -0.497 e. The van der Waals surface area contributed by atoms with Gasteiger partial charge in [0.15, 0.2) is 17.3 Å². The summed E-state index contributed by atoms with van der Waals surface area (Å²) in [6.07, 6.45) is 1.65. The molecule has 0 unspecified atom stereocenters. The van der Waals surface area contributed by atoms with Gasteiger partial charge in [-0.25, -0.2) is 0 Å². The number of methoxy groups -OCH3 is 1. The fourth-order valence-electron chi connectivity index (χ4n) is 2.75. The smallest absolute Gasteiger partial charge is 0.191 e. The molecular weight excluding hydrogens is 374 g/mol. The van der Waals surface area contributed by atoms with E-state index in [4.69, 9.17) is 9.47 Å². The molecule has 0 bridgehead atoms. The average Bonchev–Trinajstić information content (AvgIpc) is 3.16. The van der Waals surface area contributed by atoms with Gasteiger partial charge in [0.25, 0.3) is 0 Å². The maximum atomic E-state index is 11.0. The molecule has 0 amide bonds. The number of aldehydes is 1. The average molecular weight is 398 g/mol. The predicted octanol–water partition coefficient (Wildman–Crippen LogP) is 4.35. The summed E-state index contributed by atoms with van der Waals surface area (Å²) in [7, 11) is 1.65. The molecular formula is C21H23N3O3S. The lowest BCUT2D eigenvalue weighted by Gasteiger charge is -2.09. The Morgan fingerprint density at radius 3 is 2.61 bits per heavy atom. The quantitative estimate of drug-likeness (QED) is 0.288.